The summed E-state index contributed by atoms with van der Waals surface area (Å²) in [5.74, 6) is -0.00756. The van der Waals surface area contributed by atoms with E-state index in [1.54, 1.807) is 0 Å². The van der Waals surface area contributed by atoms with E-state index in [1.807, 2.05) is 32.1 Å². The van der Waals surface area contributed by atoms with Crippen LogP contribution >= 0.6 is 0 Å². The van der Waals surface area contributed by atoms with Crippen molar-refractivity contribution in [3.63, 3.8) is 0 Å². The minimum absolute atomic E-state index is 0.00756. The Morgan fingerprint density at radius 1 is 1.14 bits per heavy atom. The number of aliphatic hydroxyl groups excluding tert-OH is 1. The first-order chi connectivity index (χ1) is 14.2. The number of carbonyl (C=O) groups is 1. The number of fused-ring (bicyclic) bond motifs is 3. The first-order valence-corrected chi connectivity index (χ1v) is 9.78. The van der Waals surface area contributed by atoms with Gasteiger partial charge in [-0.15, -0.1) is 0 Å². The molecule has 152 valence electrons. The van der Waals surface area contributed by atoms with Crippen LogP contribution in [0.5, 0.6) is 0 Å². The summed E-state index contributed by atoms with van der Waals surface area (Å²) >= 11 is 0. The Kier molecular flexibility index (Phi) is 6.15. The van der Waals surface area contributed by atoms with E-state index in [4.69, 9.17) is 19.0 Å². The zero-order chi connectivity index (χ0) is 20.2. The lowest BCUT2D eigenvalue weighted by Crippen LogP contribution is -2.32. The lowest BCUT2D eigenvalue weighted by Gasteiger charge is -2.17. The summed E-state index contributed by atoms with van der Waals surface area (Å²) in [6, 6.07) is 16.3. The molecule has 1 aliphatic carbocycles. The number of carbonyl (C=O) groups excluding carboxylic acids is 1. The molecule has 4 rings (SSSR count). The molecule has 1 aliphatic heterocycles. The highest BCUT2D eigenvalue weighted by Crippen LogP contribution is 2.44. The average Bonchev–Trinajstić information content (AvgIpc) is 3.27. The van der Waals surface area contributed by atoms with Crippen molar-refractivity contribution in [2.45, 2.75) is 30.5 Å². The molecule has 2 N–H and O–H groups in total. The fraction of sp³-hybridized carbons (Fsp3) is 0.381. The molecule has 1 saturated heterocycles. The van der Waals surface area contributed by atoms with Crippen LogP contribution in [-0.2, 0) is 19.0 Å². The van der Waals surface area contributed by atoms with Crippen LogP contribution in [0.2, 0.25) is 0 Å². The van der Waals surface area contributed by atoms with Crippen molar-refractivity contribution in [3.8, 4) is 11.1 Å². The second-order valence-corrected chi connectivity index (χ2v) is 7.30. The van der Waals surface area contributed by atoms with Crippen molar-refractivity contribution in [1.29, 1.82) is 0 Å². The molecule has 0 unspecified atom stereocenters. The summed E-state index contributed by atoms with van der Waals surface area (Å²) in [5.41, 5.74) is 6.88. The number of amides is 1. The second kappa shape index (κ2) is 8.96. The minimum Gasteiger partial charge on any atom is -0.447 e. The van der Waals surface area contributed by atoms with Gasteiger partial charge in [0.2, 0.25) is 0 Å². The van der Waals surface area contributed by atoms with Crippen molar-refractivity contribution < 1.29 is 28.9 Å². The number of hydrogen-bond donors (Lipinski definition) is 2. The number of aliphatic hydroxyl groups is 1. The van der Waals surface area contributed by atoms with Gasteiger partial charge in [0.25, 0.3) is 0 Å². The Balaban J connectivity index is 1.25. The Labute approximate surface area is 170 Å². The molecule has 0 saturated carbocycles. The van der Waals surface area contributed by atoms with Gasteiger partial charge in [0.05, 0.1) is 12.7 Å². The van der Waals surface area contributed by atoms with Crippen molar-refractivity contribution in [1.82, 2.24) is 5.48 Å². The lowest BCUT2D eigenvalue weighted by atomic mass is 9.96. The molecule has 0 aromatic heterocycles. The third kappa shape index (κ3) is 4.30. The molecule has 0 radical (unpaired) electrons. The van der Waals surface area contributed by atoms with Gasteiger partial charge in [-0.05, 0) is 28.7 Å². The Hall–Kier alpha value is -2.39. The number of rotatable bonds is 7. The maximum Gasteiger partial charge on any atom is 0.431 e. The lowest BCUT2D eigenvalue weighted by molar-refractivity contribution is -0.137. The Morgan fingerprint density at radius 2 is 1.79 bits per heavy atom. The molecule has 1 fully saturated rings. The number of ether oxygens (including phenoxy) is 3. The molecule has 3 atom stereocenters. The summed E-state index contributed by atoms with van der Waals surface area (Å²) in [5, 5.41) is 9.28. The van der Waals surface area contributed by atoms with Crippen molar-refractivity contribution in [2.75, 3.05) is 20.0 Å². The summed E-state index contributed by atoms with van der Waals surface area (Å²) in [6.45, 7) is -0.0547. The van der Waals surface area contributed by atoms with E-state index < -0.39 is 6.09 Å². The van der Waals surface area contributed by atoms with Crippen LogP contribution in [0, 0.1) is 0 Å². The first kappa shape index (κ1) is 19.9. The number of hydrogen-bond acceptors (Lipinski definition) is 6. The maximum absolute atomic E-state index is 12.0. The van der Waals surface area contributed by atoms with Crippen LogP contribution in [0.25, 0.3) is 11.1 Å². The molecular weight excluding hydrogens is 373 g/mol. The monoisotopic (exact) mass is 397 g/mol. The van der Waals surface area contributed by atoms with Crippen LogP contribution in [0.15, 0.2) is 48.5 Å². The van der Waals surface area contributed by atoms with Gasteiger partial charge in [-0.1, -0.05) is 48.5 Å². The van der Waals surface area contributed by atoms with E-state index in [-0.39, 0.29) is 44.1 Å². The topological polar surface area (TPSA) is 86.3 Å². The highest BCUT2D eigenvalue weighted by molar-refractivity contribution is 6.11. The molecule has 29 heavy (non-hydrogen) atoms. The maximum atomic E-state index is 12.0. The van der Waals surface area contributed by atoms with Gasteiger partial charge in [-0.25, -0.2) is 9.63 Å². The number of nitrogens with one attached hydrogen (secondary N) is 1. The van der Waals surface area contributed by atoms with Crippen molar-refractivity contribution in [3.05, 3.63) is 59.7 Å². The average molecular weight is 397 g/mol. The molecular formula is C21H24BNO6. The van der Waals surface area contributed by atoms with Crippen LogP contribution < -0.4 is 5.48 Å². The third-order valence-corrected chi connectivity index (χ3v) is 5.41. The summed E-state index contributed by atoms with van der Waals surface area (Å²) in [4.78, 5) is 17.1. The molecule has 1 heterocycles. The van der Waals surface area contributed by atoms with Crippen molar-refractivity contribution in [2.24, 2.45) is 0 Å². The van der Waals surface area contributed by atoms with Crippen LogP contribution in [0.1, 0.15) is 23.5 Å². The van der Waals surface area contributed by atoms with Gasteiger partial charge >= 0.3 is 6.09 Å². The van der Waals surface area contributed by atoms with E-state index in [1.165, 1.54) is 11.1 Å². The second-order valence-electron chi connectivity index (χ2n) is 7.30. The SMILES string of the molecule is B[C@H]1C[C@@H](OCONC(=O)OCC2c3ccccc3-c3ccccc32)[C@@H](CO)O1. The fourth-order valence-electron chi connectivity index (χ4n) is 4.09. The molecule has 2 aromatic rings. The Bertz CT molecular complexity index is 817. The van der Waals surface area contributed by atoms with Crippen LogP contribution in [0.4, 0.5) is 4.79 Å². The van der Waals surface area contributed by atoms with Crippen LogP contribution in [-0.4, -0.2) is 57.3 Å². The van der Waals surface area contributed by atoms with E-state index in [0.717, 1.165) is 11.1 Å². The van der Waals surface area contributed by atoms with Gasteiger partial charge in [0, 0.05) is 11.9 Å². The van der Waals surface area contributed by atoms with Gasteiger partial charge < -0.3 is 19.3 Å². The van der Waals surface area contributed by atoms with Gasteiger partial charge in [0.15, 0.2) is 6.79 Å². The molecule has 2 aromatic carbocycles. The predicted molar refractivity (Wildman–Crippen MR) is 108 cm³/mol. The third-order valence-electron chi connectivity index (χ3n) is 5.41. The van der Waals surface area contributed by atoms with E-state index in [2.05, 4.69) is 29.7 Å². The van der Waals surface area contributed by atoms with Gasteiger partial charge in [-0.2, -0.15) is 5.48 Å². The largest absolute Gasteiger partial charge is 0.447 e. The van der Waals surface area contributed by atoms with Gasteiger partial charge in [-0.3, -0.25) is 0 Å². The van der Waals surface area contributed by atoms with E-state index >= 15 is 0 Å². The summed E-state index contributed by atoms with van der Waals surface area (Å²) < 4.78 is 16.4. The zero-order valence-corrected chi connectivity index (χ0v) is 16.2. The predicted octanol–water partition coefficient (Wildman–Crippen LogP) is 1.54. The molecule has 7 nitrogen and oxygen atoms in total. The normalized spacial score (nSPS) is 22.9. The summed E-state index contributed by atoms with van der Waals surface area (Å²) in [6.07, 6.45) is -0.646. The highest BCUT2D eigenvalue weighted by Gasteiger charge is 2.33. The van der Waals surface area contributed by atoms with Gasteiger partial charge in [0.1, 0.15) is 20.6 Å². The molecule has 0 spiro atoms. The Morgan fingerprint density at radius 3 is 2.45 bits per heavy atom. The molecule has 2 aliphatic rings. The van der Waals surface area contributed by atoms with Crippen LogP contribution in [0.3, 0.4) is 0 Å². The number of benzene rings is 2. The standard InChI is InChI=1S/C21H24BNO6/c22-20-9-18(19(10-24)29-20)27-12-28-23-21(25)26-11-17-15-7-3-1-5-13(15)14-6-2-4-8-16(14)17/h1-8,17-20,24H,9-12,22H2,(H,23,25)/t18-,19-,20-/m1/s1. The molecule has 1 amide bonds. The summed E-state index contributed by atoms with van der Waals surface area (Å²) in [7, 11) is 1.92. The number of hydroxylamine groups is 1. The van der Waals surface area contributed by atoms with E-state index in [0.29, 0.717) is 6.42 Å². The smallest absolute Gasteiger partial charge is 0.431 e. The quantitative estimate of drug-likeness (QED) is 0.319. The fourth-order valence-corrected chi connectivity index (χ4v) is 4.09. The molecule has 0 bridgehead atoms. The van der Waals surface area contributed by atoms with E-state index in [9.17, 15) is 9.90 Å². The zero-order valence-electron chi connectivity index (χ0n) is 16.2. The van der Waals surface area contributed by atoms with Crippen molar-refractivity contribution >= 4 is 13.9 Å². The highest BCUT2D eigenvalue weighted by atomic mass is 16.8. The first-order valence-electron chi connectivity index (χ1n) is 9.78. The minimum atomic E-state index is -0.676. The molecule has 8 heteroatoms.